The van der Waals surface area contributed by atoms with Crippen LogP contribution < -0.4 is 4.74 Å². The van der Waals surface area contributed by atoms with E-state index >= 15 is 0 Å². The molecule has 3 nitrogen and oxygen atoms in total. The van der Waals surface area contributed by atoms with Gasteiger partial charge in [-0.25, -0.2) is 0 Å². The Labute approximate surface area is 97.7 Å². The number of aryl methyl sites for hydroxylation is 1. The molecule has 0 radical (unpaired) electrons. The second kappa shape index (κ2) is 4.45. The second-order valence-corrected chi connectivity index (χ2v) is 4.25. The van der Waals surface area contributed by atoms with Crippen molar-refractivity contribution in [3.05, 3.63) is 45.9 Å². The number of pyridine rings is 1. The van der Waals surface area contributed by atoms with Crippen molar-refractivity contribution in [2.45, 2.75) is 6.92 Å². The zero-order chi connectivity index (χ0) is 11.5. The zero-order valence-corrected chi connectivity index (χ0v) is 9.88. The van der Waals surface area contributed by atoms with Gasteiger partial charge in [0.1, 0.15) is 10.6 Å². The number of carbonyl (C=O) groups excluding carboxylic acids is 1. The van der Waals surface area contributed by atoms with E-state index in [1.54, 1.807) is 25.4 Å². The van der Waals surface area contributed by atoms with Crippen LogP contribution >= 0.6 is 11.3 Å². The predicted molar refractivity (Wildman–Crippen MR) is 63.3 cm³/mol. The van der Waals surface area contributed by atoms with Crippen molar-refractivity contribution in [3.8, 4) is 5.75 Å². The largest absolute Gasteiger partial charge is 0.495 e. The average Bonchev–Trinajstić information content (AvgIpc) is 2.77. The molecular formula is C12H11NO2S. The van der Waals surface area contributed by atoms with Crippen molar-refractivity contribution >= 4 is 17.1 Å². The molecule has 0 saturated heterocycles. The lowest BCUT2D eigenvalue weighted by Crippen LogP contribution is -2.01. The van der Waals surface area contributed by atoms with Gasteiger partial charge in [-0.15, -0.1) is 11.3 Å². The molecule has 2 aromatic rings. The van der Waals surface area contributed by atoms with Crippen LogP contribution in [0, 0.1) is 6.92 Å². The minimum absolute atomic E-state index is 0.0423. The van der Waals surface area contributed by atoms with E-state index in [0.717, 1.165) is 5.69 Å². The van der Waals surface area contributed by atoms with E-state index in [0.29, 0.717) is 16.2 Å². The summed E-state index contributed by atoms with van der Waals surface area (Å²) in [6.45, 7) is 1.89. The highest BCUT2D eigenvalue weighted by Gasteiger charge is 2.15. The van der Waals surface area contributed by atoms with Crippen molar-refractivity contribution < 1.29 is 9.53 Å². The molecule has 0 amide bonds. The molecular weight excluding hydrogens is 222 g/mol. The van der Waals surface area contributed by atoms with Gasteiger partial charge in [-0.2, -0.15) is 0 Å². The first-order chi connectivity index (χ1) is 7.72. The van der Waals surface area contributed by atoms with E-state index in [-0.39, 0.29) is 5.78 Å². The van der Waals surface area contributed by atoms with E-state index in [4.69, 9.17) is 4.74 Å². The minimum Gasteiger partial charge on any atom is -0.495 e. The highest BCUT2D eigenvalue weighted by molar-refractivity contribution is 7.12. The van der Waals surface area contributed by atoms with Gasteiger partial charge >= 0.3 is 0 Å². The average molecular weight is 233 g/mol. The fourth-order valence-corrected chi connectivity index (χ4v) is 2.18. The molecule has 0 aliphatic carbocycles. The molecule has 2 rings (SSSR count). The van der Waals surface area contributed by atoms with Gasteiger partial charge < -0.3 is 4.74 Å². The summed E-state index contributed by atoms with van der Waals surface area (Å²) in [7, 11) is 1.56. The van der Waals surface area contributed by atoms with Crippen molar-refractivity contribution in [2.24, 2.45) is 0 Å². The Hall–Kier alpha value is -1.68. The van der Waals surface area contributed by atoms with Crippen LogP contribution in [0.25, 0.3) is 0 Å². The molecule has 0 aromatic carbocycles. The van der Waals surface area contributed by atoms with Gasteiger partial charge in [0.15, 0.2) is 0 Å². The lowest BCUT2D eigenvalue weighted by atomic mass is 10.1. The van der Waals surface area contributed by atoms with Crippen LogP contribution in [-0.2, 0) is 0 Å². The molecule has 4 heteroatoms. The van der Waals surface area contributed by atoms with Gasteiger partial charge in [-0.1, -0.05) is 0 Å². The molecule has 0 unspecified atom stereocenters. The lowest BCUT2D eigenvalue weighted by molar-refractivity contribution is 0.103. The van der Waals surface area contributed by atoms with Crippen LogP contribution in [0.2, 0.25) is 0 Å². The molecule has 2 aromatic heterocycles. The highest BCUT2D eigenvalue weighted by atomic mass is 32.1. The number of aromatic nitrogens is 1. The standard InChI is InChI=1S/C12H11NO2S/c1-8-3-4-9(7-13-8)11(14)12-10(15-2)5-6-16-12/h3-7H,1-2H3. The van der Waals surface area contributed by atoms with Gasteiger partial charge in [0.25, 0.3) is 0 Å². The summed E-state index contributed by atoms with van der Waals surface area (Å²) >= 11 is 1.38. The molecule has 0 atom stereocenters. The Morgan fingerprint density at radius 1 is 1.38 bits per heavy atom. The minimum atomic E-state index is -0.0423. The summed E-state index contributed by atoms with van der Waals surface area (Å²) in [6, 6.07) is 5.40. The number of ketones is 1. The number of rotatable bonds is 3. The number of hydrogen-bond donors (Lipinski definition) is 0. The summed E-state index contributed by atoms with van der Waals surface area (Å²) in [5.41, 5.74) is 1.49. The summed E-state index contributed by atoms with van der Waals surface area (Å²) in [6.07, 6.45) is 1.59. The third-order valence-electron chi connectivity index (χ3n) is 2.23. The Balaban J connectivity index is 2.35. The molecule has 82 valence electrons. The van der Waals surface area contributed by atoms with Crippen molar-refractivity contribution in [1.29, 1.82) is 0 Å². The monoisotopic (exact) mass is 233 g/mol. The fourth-order valence-electron chi connectivity index (χ4n) is 1.36. The Kier molecular flexibility index (Phi) is 3.01. The van der Waals surface area contributed by atoms with E-state index in [2.05, 4.69) is 4.98 Å². The molecule has 0 aliphatic rings. The van der Waals surface area contributed by atoms with Crippen LogP contribution in [0.5, 0.6) is 5.75 Å². The molecule has 0 bridgehead atoms. The van der Waals surface area contributed by atoms with Gasteiger partial charge in [-0.3, -0.25) is 9.78 Å². The van der Waals surface area contributed by atoms with Gasteiger partial charge in [-0.05, 0) is 30.5 Å². The first-order valence-electron chi connectivity index (χ1n) is 4.81. The molecule has 0 spiro atoms. The molecule has 0 saturated carbocycles. The third-order valence-corrected chi connectivity index (χ3v) is 3.12. The van der Waals surface area contributed by atoms with E-state index in [1.807, 2.05) is 18.4 Å². The SMILES string of the molecule is COc1ccsc1C(=O)c1ccc(C)nc1. The molecule has 0 aliphatic heterocycles. The predicted octanol–water partition coefficient (Wildman–Crippen LogP) is 2.69. The Morgan fingerprint density at radius 3 is 2.81 bits per heavy atom. The van der Waals surface area contributed by atoms with E-state index in [9.17, 15) is 4.79 Å². The van der Waals surface area contributed by atoms with Crippen LogP contribution in [0.15, 0.2) is 29.8 Å². The molecule has 0 fully saturated rings. The maximum atomic E-state index is 12.1. The summed E-state index contributed by atoms with van der Waals surface area (Å²) in [5.74, 6) is 0.579. The smallest absolute Gasteiger partial charge is 0.208 e. The molecule has 2 heterocycles. The van der Waals surface area contributed by atoms with Crippen molar-refractivity contribution in [1.82, 2.24) is 4.98 Å². The molecule has 16 heavy (non-hydrogen) atoms. The summed E-state index contributed by atoms with van der Waals surface area (Å²) in [5, 5.41) is 1.84. The van der Waals surface area contributed by atoms with Gasteiger partial charge in [0.05, 0.1) is 7.11 Å². The summed E-state index contributed by atoms with van der Waals surface area (Å²) in [4.78, 5) is 16.8. The van der Waals surface area contributed by atoms with Crippen LogP contribution in [0.1, 0.15) is 20.9 Å². The van der Waals surface area contributed by atoms with E-state index in [1.165, 1.54) is 11.3 Å². The number of carbonyl (C=O) groups is 1. The van der Waals surface area contributed by atoms with Crippen LogP contribution in [0.4, 0.5) is 0 Å². The first-order valence-corrected chi connectivity index (χ1v) is 5.69. The van der Waals surface area contributed by atoms with E-state index < -0.39 is 0 Å². The maximum absolute atomic E-state index is 12.1. The van der Waals surface area contributed by atoms with Crippen LogP contribution in [-0.4, -0.2) is 17.9 Å². The van der Waals surface area contributed by atoms with Crippen LogP contribution in [0.3, 0.4) is 0 Å². The number of hydrogen-bond acceptors (Lipinski definition) is 4. The zero-order valence-electron chi connectivity index (χ0n) is 9.06. The molecule has 0 N–H and O–H groups in total. The number of nitrogens with zero attached hydrogens (tertiary/aromatic N) is 1. The Bertz CT molecular complexity index is 502. The number of ether oxygens (including phenoxy) is 1. The first kappa shape index (κ1) is 10.8. The lowest BCUT2D eigenvalue weighted by Gasteiger charge is -2.01. The summed E-state index contributed by atoms with van der Waals surface area (Å²) < 4.78 is 5.12. The van der Waals surface area contributed by atoms with Crippen molar-refractivity contribution in [2.75, 3.05) is 7.11 Å². The Morgan fingerprint density at radius 2 is 2.19 bits per heavy atom. The normalized spacial score (nSPS) is 10.1. The quantitative estimate of drug-likeness (QED) is 0.765. The van der Waals surface area contributed by atoms with Gasteiger partial charge in [0, 0.05) is 17.5 Å². The maximum Gasteiger partial charge on any atom is 0.208 e. The second-order valence-electron chi connectivity index (χ2n) is 3.34. The van der Waals surface area contributed by atoms with Crippen molar-refractivity contribution in [3.63, 3.8) is 0 Å². The third kappa shape index (κ3) is 1.97. The highest BCUT2D eigenvalue weighted by Crippen LogP contribution is 2.26. The topological polar surface area (TPSA) is 39.2 Å². The number of thiophene rings is 1. The fraction of sp³-hybridized carbons (Fsp3) is 0.167. The number of methoxy groups -OCH3 is 1. The van der Waals surface area contributed by atoms with Gasteiger partial charge in [0.2, 0.25) is 5.78 Å².